The van der Waals surface area contributed by atoms with Crippen molar-refractivity contribution in [1.82, 2.24) is 0 Å². The van der Waals surface area contributed by atoms with Crippen molar-refractivity contribution < 1.29 is 19.0 Å². The minimum atomic E-state index is -0.428. The van der Waals surface area contributed by atoms with Gasteiger partial charge in [0.1, 0.15) is 23.9 Å². The molecule has 0 aliphatic rings. The molecule has 0 saturated carbocycles. The molecule has 0 spiro atoms. The van der Waals surface area contributed by atoms with Crippen molar-refractivity contribution in [3.05, 3.63) is 57.8 Å². The molecule has 0 amide bonds. The fraction of sp³-hybridized carbons (Fsp3) is 0.200. The quantitative estimate of drug-likeness (QED) is 0.902. The Morgan fingerprint density at radius 1 is 1.15 bits per heavy atom. The van der Waals surface area contributed by atoms with E-state index in [0.717, 1.165) is 15.8 Å². The summed E-state index contributed by atoms with van der Waals surface area (Å²) in [7, 11) is 1.60. The van der Waals surface area contributed by atoms with Gasteiger partial charge in [0.25, 0.3) is 0 Å². The first-order valence-electron chi connectivity index (χ1n) is 5.98. The molecular weight excluding hydrogens is 327 g/mol. The lowest BCUT2D eigenvalue weighted by atomic mass is 10.2. The van der Waals surface area contributed by atoms with Crippen molar-refractivity contribution in [3.63, 3.8) is 0 Å². The average Bonchev–Trinajstić information content (AvgIpc) is 2.44. The molecule has 0 saturated heterocycles. The Morgan fingerprint density at radius 2 is 1.95 bits per heavy atom. The summed E-state index contributed by atoms with van der Waals surface area (Å²) in [6.45, 7) is 0.0825. The monoisotopic (exact) mass is 340 g/mol. The van der Waals surface area contributed by atoms with E-state index in [9.17, 15) is 4.39 Å². The number of ether oxygens (including phenoxy) is 2. The first-order chi connectivity index (χ1) is 9.62. The summed E-state index contributed by atoms with van der Waals surface area (Å²) in [5.41, 5.74) is 1.41. The van der Waals surface area contributed by atoms with E-state index in [-0.39, 0.29) is 6.61 Å². The molecular formula is C15H14BrFO3. The number of aliphatic hydroxyl groups is 1. The molecule has 0 aromatic heterocycles. The molecule has 106 valence electrons. The third-order valence-electron chi connectivity index (χ3n) is 2.74. The predicted molar refractivity (Wildman–Crippen MR) is 77.3 cm³/mol. The molecule has 5 heteroatoms. The van der Waals surface area contributed by atoms with Crippen LogP contribution >= 0.6 is 15.9 Å². The Bertz CT molecular complexity index is 602. The summed E-state index contributed by atoms with van der Waals surface area (Å²) >= 11 is 3.39. The molecule has 0 unspecified atom stereocenters. The lowest BCUT2D eigenvalue weighted by Gasteiger charge is -2.09. The maximum absolute atomic E-state index is 13.3. The zero-order valence-corrected chi connectivity index (χ0v) is 12.5. The van der Waals surface area contributed by atoms with Crippen LogP contribution in [0.3, 0.4) is 0 Å². The minimum absolute atomic E-state index is 0.220. The van der Waals surface area contributed by atoms with Gasteiger partial charge >= 0.3 is 0 Å². The Morgan fingerprint density at radius 3 is 2.60 bits per heavy atom. The summed E-state index contributed by atoms with van der Waals surface area (Å²) in [6, 6.07) is 9.75. The lowest BCUT2D eigenvalue weighted by Crippen LogP contribution is -1.98. The molecule has 0 atom stereocenters. The van der Waals surface area contributed by atoms with E-state index in [1.807, 2.05) is 18.2 Å². The van der Waals surface area contributed by atoms with Crippen molar-refractivity contribution in [2.45, 2.75) is 13.2 Å². The third-order valence-corrected chi connectivity index (χ3v) is 3.36. The SMILES string of the molecule is COc1ccc(COc2cc(F)cc(CO)c2)cc1Br. The van der Waals surface area contributed by atoms with Crippen LogP contribution in [0.1, 0.15) is 11.1 Å². The van der Waals surface area contributed by atoms with Gasteiger partial charge in [0.2, 0.25) is 0 Å². The second-order valence-electron chi connectivity index (χ2n) is 4.21. The van der Waals surface area contributed by atoms with Crippen LogP contribution in [0.2, 0.25) is 0 Å². The topological polar surface area (TPSA) is 38.7 Å². The molecule has 2 aromatic rings. The first-order valence-corrected chi connectivity index (χ1v) is 6.77. The normalized spacial score (nSPS) is 10.4. The van der Waals surface area contributed by atoms with E-state index < -0.39 is 5.82 Å². The number of halogens is 2. The highest BCUT2D eigenvalue weighted by molar-refractivity contribution is 9.10. The van der Waals surface area contributed by atoms with Gasteiger partial charge in [0, 0.05) is 6.07 Å². The second kappa shape index (κ2) is 6.72. The van der Waals surface area contributed by atoms with Gasteiger partial charge in [-0.3, -0.25) is 0 Å². The Kier molecular flexibility index (Phi) is 4.98. The van der Waals surface area contributed by atoms with Crippen LogP contribution in [0.5, 0.6) is 11.5 Å². The highest BCUT2D eigenvalue weighted by atomic mass is 79.9. The number of hydrogen-bond acceptors (Lipinski definition) is 3. The maximum Gasteiger partial charge on any atom is 0.133 e. The molecule has 3 nitrogen and oxygen atoms in total. The zero-order chi connectivity index (χ0) is 14.5. The molecule has 20 heavy (non-hydrogen) atoms. The molecule has 0 aliphatic carbocycles. The second-order valence-corrected chi connectivity index (χ2v) is 5.07. The van der Waals surface area contributed by atoms with Gasteiger partial charge in [0.15, 0.2) is 0 Å². The molecule has 2 rings (SSSR count). The minimum Gasteiger partial charge on any atom is -0.496 e. The van der Waals surface area contributed by atoms with E-state index in [4.69, 9.17) is 14.6 Å². The molecule has 1 N–H and O–H groups in total. The van der Waals surface area contributed by atoms with E-state index in [1.165, 1.54) is 12.1 Å². The van der Waals surface area contributed by atoms with Crippen molar-refractivity contribution in [1.29, 1.82) is 0 Å². The lowest BCUT2D eigenvalue weighted by molar-refractivity contribution is 0.276. The van der Waals surface area contributed by atoms with Gasteiger partial charge < -0.3 is 14.6 Å². The standard InChI is InChI=1S/C15H14BrFO3/c1-19-15-3-2-10(6-14(15)16)9-20-13-5-11(8-18)4-12(17)7-13/h2-7,18H,8-9H2,1H3. The van der Waals surface area contributed by atoms with Gasteiger partial charge in [-0.15, -0.1) is 0 Å². The summed E-state index contributed by atoms with van der Waals surface area (Å²) in [4.78, 5) is 0. The van der Waals surface area contributed by atoms with Gasteiger partial charge in [0.05, 0.1) is 18.2 Å². The van der Waals surface area contributed by atoms with Crippen molar-refractivity contribution in [2.75, 3.05) is 7.11 Å². The van der Waals surface area contributed by atoms with Crippen molar-refractivity contribution >= 4 is 15.9 Å². The first kappa shape index (κ1) is 14.8. The number of aliphatic hydroxyl groups excluding tert-OH is 1. The Balaban J connectivity index is 2.08. The van der Waals surface area contributed by atoms with Crippen LogP contribution in [-0.2, 0) is 13.2 Å². The van der Waals surface area contributed by atoms with Gasteiger partial charge in [-0.05, 0) is 51.3 Å². The van der Waals surface area contributed by atoms with Crippen LogP contribution in [0.15, 0.2) is 40.9 Å². The molecule has 0 bridgehead atoms. The highest BCUT2D eigenvalue weighted by Crippen LogP contribution is 2.26. The average molecular weight is 341 g/mol. The number of hydrogen-bond donors (Lipinski definition) is 1. The van der Waals surface area contributed by atoms with Gasteiger partial charge in [-0.1, -0.05) is 6.07 Å². The zero-order valence-electron chi connectivity index (χ0n) is 10.9. The largest absolute Gasteiger partial charge is 0.496 e. The van der Waals surface area contributed by atoms with Crippen LogP contribution in [0.25, 0.3) is 0 Å². The molecule has 0 heterocycles. The van der Waals surface area contributed by atoms with Gasteiger partial charge in [-0.2, -0.15) is 0 Å². The number of methoxy groups -OCH3 is 1. The summed E-state index contributed by atoms with van der Waals surface area (Å²) in [6.07, 6.45) is 0. The fourth-order valence-corrected chi connectivity index (χ4v) is 2.35. The predicted octanol–water partition coefficient (Wildman–Crippen LogP) is 3.67. The summed E-state index contributed by atoms with van der Waals surface area (Å²) < 4.78 is 24.8. The Hall–Kier alpha value is -1.59. The van der Waals surface area contributed by atoms with Crippen LogP contribution in [-0.4, -0.2) is 12.2 Å². The van der Waals surface area contributed by atoms with Crippen LogP contribution < -0.4 is 9.47 Å². The van der Waals surface area contributed by atoms with E-state index in [0.29, 0.717) is 17.9 Å². The Labute approximate surface area is 125 Å². The van der Waals surface area contributed by atoms with E-state index >= 15 is 0 Å². The van der Waals surface area contributed by atoms with Crippen molar-refractivity contribution in [2.24, 2.45) is 0 Å². The van der Waals surface area contributed by atoms with Gasteiger partial charge in [-0.25, -0.2) is 4.39 Å². The fourth-order valence-electron chi connectivity index (χ4n) is 1.76. The van der Waals surface area contributed by atoms with E-state index in [1.54, 1.807) is 13.2 Å². The summed E-state index contributed by atoms with van der Waals surface area (Å²) in [5.74, 6) is 0.700. The van der Waals surface area contributed by atoms with Crippen molar-refractivity contribution in [3.8, 4) is 11.5 Å². The molecule has 2 aromatic carbocycles. The van der Waals surface area contributed by atoms with E-state index in [2.05, 4.69) is 15.9 Å². The number of rotatable bonds is 5. The third kappa shape index (κ3) is 3.71. The maximum atomic E-state index is 13.3. The van der Waals surface area contributed by atoms with Crippen LogP contribution in [0, 0.1) is 5.82 Å². The molecule has 0 radical (unpaired) electrons. The summed E-state index contributed by atoms with van der Waals surface area (Å²) in [5, 5.41) is 9.02. The number of benzene rings is 2. The molecule has 0 aliphatic heterocycles. The smallest absolute Gasteiger partial charge is 0.133 e. The molecule has 0 fully saturated rings. The van der Waals surface area contributed by atoms with Crippen LogP contribution in [0.4, 0.5) is 4.39 Å². The highest BCUT2D eigenvalue weighted by Gasteiger charge is 2.04.